The Hall–Kier alpha value is -0.670. The van der Waals surface area contributed by atoms with Crippen LogP contribution >= 0.6 is 15.9 Å². The van der Waals surface area contributed by atoms with Crippen molar-refractivity contribution < 1.29 is 9.90 Å². The number of alkyl halides is 1. The van der Waals surface area contributed by atoms with Crippen LogP contribution in [-0.4, -0.2) is 16.2 Å². The normalized spacial score (nSPS) is 10.3. The summed E-state index contributed by atoms with van der Waals surface area (Å²) in [7, 11) is 0. The van der Waals surface area contributed by atoms with Crippen molar-refractivity contribution in [1.29, 1.82) is 0 Å². The zero-order valence-corrected chi connectivity index (χ0v) is 10.4. The highest BCUT2D eigenvalue weighted by molar-refractivity contribution is 9.09. The molecule has 1 aromatic carbocycles. The molecule has 0 heterocycles. The molecule has 1 rings (SSSR count). The van der Waals surface area contributed by atoms with E-state index in [1.807, 2.05) is 25.1 Å². The van der Waals surface area contributed by atoms with E-state index in [-0.39, 0.29) is 12.4 Å². The Labute approximate surface area is 98.4 Å². The number of halogens is 1. The molecule has 0 aromatic heterocycles. The van der Waals surface area contributed by atoms with Gasteiger partial charge in [-0.1, -0.05) is 35.0 Å². The predicted molar refractivity (Wildman–Crippen MR) is 64.5 cm³/mol. The molecule has 0 saturated heterocycles. The van der Waals surface area contributed by atoms with E-state index in [1.165, 1.54) is 0 Å². The van der Waals surface area contributed by atoms with Gasteiger partial charge in [0.2, 0.25) is 0 Å². The van der Waals surface area contributed by atoms with Crippen LogP contribution in [0.15, 0.2) is 18.2 Å². The predicted octanol–water partition coefficient (Wildman–Crippen LogP) is 2.71. The van der Waals surface area contributed by atoms with Crippen molar-refractivity contribution in [3.63, 3.8) is 0 Å². The molecule has 0 radical (unpaired) electrons. The number of carbonyl (C=O) groups excluding carboxylic acids is 1. The SMILES string of the molecule is CCc1ccc(CO)c(C(=O)CCBr)c1. The number of benzene rings is 1. The van der Waals surface area contributed by atoms with Gasteiger partial charge in [-0.3, -0.25) is 4.79 Å². The van der Waals surface area contributed by atoms with Crippen LogP contribution in [0.25, 0.3) is 0 Å². The van der Waals surface area contributed by atoms with E-state index in [1.54, 1.807) is 0 Å². The molecule has 0 unspecified atom stereocenters. The van der Waals surface area contributed by atoms with Gasteiger partial charge in [0.25, 0.3) is 0 Å². The molecule has 0 saturated carbocycles. The average molecular weight is 271 g/mol. The van der Waals surface area contributed by atoms with Crippen molar-refractivity contribution in [2.45, 2.75) is 26.4 Å². The third-order valence-corrected chi connectivity index (χ3v) is 2.77. The van der Waals surface area contributed by atoms with Crippen LogP contribution in [-0.2, 0) is 13.0 Å². The monoisotopic (exact) mass is 270 g/mol. The summed E-state index contributed by atoms with van der Waals surface area (Å²) in [4.78, 5) is 11.8. The van der Waals surface area contributed by atoms with Gasteiger partial charge in [-0.25, -0.2) is 0 Å². The smallest absolute Gasteiger partial charge is 0.164 e. The van der Waals surface area contributed by atoms with Gasteiger partial charge >= 0.3 is 0 Å². The topological polar surface area (TPSA) is 37.3 Å². The maximum atomic E-state index is 11.8. The number of carbonyl (C=O) groups is 1. The summed E-state index contributed by atoms with van der Waals surface area (Å²) >= 11 is 3.25. The molecule has 15 heavy (non-hydrogen) atoms. The highest BCUT2D eigenvalue weighted by Crippen LogP contribution is 2.15. The summed E-state index contributed by atoms with van der Waals surface area (Å²) in [6, 6.07) is 5.67. The first-order chi connectivity index (χ1) is 7.22. The number of aryl methyl sites for hydroxylation is 1. The van der Waals surface area contributed by atoms with E-state index >= 15 is 0 Å². The Morgan fingerprint density at radius 1 is 1.47 bits per heavy atom. The number of hydrogen-bond acceptors (Lipinski definition) is 2. The maximum absolute atomic E-state index is 11.8. The minimum Gasteiger partial charge on any atom is -0.392 e. The third kappa shape index (κ3) is 3.14. The standard InChI is InChI=1S/C12H15BrO2/c1-2-9-3-4-10(8-14)11(7-9)12(15)5-6-13/h3-4,7,14H,2,5-6,8H2,1H3. The molecule has 2 nitrogen and oxygen atoms in total. The minimum absolute atomic E-state index is 0.0760. The van der Waals surface area contributed by atoms with E-state index in [0.717, 1.165) is 17.5 Å². The maximum Gasteiger partial charge on any atom is 0.164 e. The van der Waals surface area contributed by atoms with Crippen molar-refractivity contribution >= 4 is 21.7 Å². The lowest BCUT2D eigenvalue weighted by molar-refractivity contribution is 0.0986. The second kappa shape index (κ2) is 6.03. The Morgan fingerprint density at radius 2 is 2.20 bits per heavy atom. The lowest BCUT2D eigenvalue weighted by Gasteiger charge is -2.07. The summed E-state index contributed by atoms with van der Waals surface area (Å²) in [5, 5.41) is 9.79. The van der Waals surface area contributed by atoms with E-state index in [4.69, 9.17) is 5.11 Å². The lowest BCUT2D eigenvalue weighted by Crippen LogP contribution is -2.05. The number of ketones is 1. The van der Waals surface area contributed by atoms with Crippen LogP contribution in [0.4, 0.5) is 0 Å². The van der Waals surface area contributed by atoms with Crippen molar-refractivity contribution in [2.75, 3.05) is 5.33 Å². The quantitative estimate of drug-likeness (QED) is 0.660. The zero-order chi connectivity index (χ0) is 11.3. The van der Waals surface area contributed by atoms with Crippen LogP contribution < -0.4 is 0 Å². The molecule has 0 bridgehead atoms. The fourth-order valence-corrected chi connectivity index (χ4v) is 1.82. The number of aliphatic hydroxyl groups is 1. The van der Waals surface area contributed by atoms with E-state index in [2.05, 4.69) is 15.9 Å². The van der Waals surface area contributed by atoms with Crippen LogP contribution in [0.2, 0.25) is 0 Å². The molecule has 3 heteroatoms. The van der Waals surface area contributed by atoms with Crippen LogP contribution in [0.1, 0.15) is 34.8 Å². The average Bonchev–Trinajstić information content (AvgIpc) is 2.28. The summed E-state index contributed by atoms with van der Waals surface area (Å²) < 4.78 is 0. The Balaban J connectivity index is 3.05. The molecular formula is C12H15BrO2. The first-order valence-electron chi connectivity index (χ1n) is 5.04. The molecule has 0 atom stereocenters. The van der Waals surface area contributed by atoms with Crippen molar-refractivity contribution in [3.05, 3.63) is 34.9 Å². The van der Waals surface area contributed by atoms with E-state index in [9.17, 15) is 4.79 Å². The summed E-state index contributed by atoms with van der Waals surface area (Å²) in [5.74, 6) is 0.0891. The highest BCUT2D eigenvalue weighted by atomic mass is 79.9. The highest BCUT2D eigenvalue weighted by Gasteiger charge is 2.10. The fourth-order valence-electron chi connectivity index (χ4n) is 1.46. The third-order valence-electron chi connectivity index (χ3n) is 2.37. The van der Waals surface area contributed by atoms with Gasteiger partial charge in [0.1, 0.15) is 0 Å². The van der Waals surface area contributed by atoms with Crippen LogP contribution in [0.5, 0.6) is 0 Å². The molecule has 1 aromatic rings. The molecule has 0 aliphatic heterocycles. The summed E-state index contributed by atoms with van der Waals surface area (Å²) in [6.07, 6.45) is 1.38. The molecule has 82 valence electrons. The first kappa shape index (κ1) is 12.4. The molecule has 0 fully saturated rings. The second-order valence-corrected chi connectivity index (χ2v) is 4.16. The molecule has 0 amide bonds. The first-order valence-corrected chi connectivity index (χ1v) is 6.16. The van der Waals surface area contributed by atoms with Crippen LogP contribution in [0, 0.1) is 0 Å². The van der Waals surface area contributed by atoms with Crippen molar-refractivity contribution in [1.82, 2.24) is 0 Å². The van der Waals surface area contributed by atoms with Crippen molar-refractivity contribution in [2.24, 2.45) is 0 Å². The summed E-state index contributed by atoms with van der Waals surface area (Å²) in [6.45, 7) is 1.97. The molecule has 0 aliphatic carbocycles. The lowest BCUT2D eigenvalue weighted by atomic mass is 9.99. The van der Waals surface area contributed by atoms with Gasteiger partial charge in [0.05, 0.1) is 6.61 Å². The molecule has 0 spiro atoms. The van der Waals surface area contributed by atoms with Gasteiger partial charge in [-0.15, -0.1) is 0 Å². The van der Waals surface area contributed by atoms with E-state index < -0.39 is 0 Å². The number of rotatable bonds is 5. The Morgan fingerprint density at radius 3 is 2.73 bits per heavy atom. The number of aliphatic hydroxyl groups excluding tert-OH is 1. The molecule has 0 aliphatic rings. The molecule has 1 N–H and O–H groups in total. The van der Waals surface area contributed by atoms with Gasteiger partial charge in [-0.05, 0) is 23.6 Å². The van der Waals surface area contributed by atoms with Gasteiger partial charge in [0, 0.05) is 17.3 Å². The van der Waals surface area contributed by atoms with Crippen molar-refractivity contribution in [3.8, 4) is 0 Å². The summed E-state index contributed by atoms with van der Waals surface area (Å²) in [5.41, 5.74) is 2.51. The number of hydrogen-bond donors (Lipinski definition) is 1. The zero-order valence-electron chi connectivity index (χ0n) is 8.79. The Kier molecular flexibility index (Phi) is 4.99. The largest absolute Gasteiger partial charge is 0.392 e. The second-order valence-electron chi connectivity index (χ2n) is 3.37. The van der Waals surface area contributed by atoms with Gasteiger partial charge in [0.15, 0.2) is 5.78 Å². The molecular weight excluding hydrogens is 256 g/mol. The fraction of sp³-hybridized carbons (Fsp3) is 0.417. The van der Waals surface area contributed by atoms with Gasteiger partial charge in [-0.2, -0.15) is 0 Å². The number of Topliss-reactive ketones (excluding diaryl/α,β-unsaturated/α-hetero) is 1. The van der Waals surface area contributed by atoms with Crippen LogP contribution in [0.3, 0.4) is 0 Å². The minimum atomic E-state index is -0.0760. The van der Waals surface area contributed by atoms with Gasteiger partial charge < -0.3 is 5.11 Å². The Bertz CT molecular complexity index is 347. The van der Waals surface area contributed by atoms with E-state index in [0.29, 0.717) is 17.3 Å².